The largest absolute Gasteiger partial charge is 0.356 e. The van der Waals surface area contributed by atoms with Crippen LogP contribution in [0.2, 0.25) is 0 Å². The van der Waals surface area contributed by atoms with Crippen molar-refractivity contribution in [2.75, 3.05) is 26.2 Å². The highest BCUT2D eigenvalue weighted by Gasteiger charge is 2.23. The molecule has 0 spiro atoms. The van der Waals surface area contributed by atoms with E-state index in [1.54, 1.807) is 0 Å². The second-order valence-corrected chi connectivity index (χ2v) is 9.05. The van der Waals surface area contributed by atoms with Gasteiger partial charge in [-0.2, -0.15) is 0 Å². The second kappa shape index (κ2) is 11.0. The van der Waals surface area contributed by atoms with Crippen molar-refractivity contribution in [2.24, 2.45) is 23.9 Å². The number of hydrogen-bond donors (Lipinski definition) is 2. The van der Waals surface area contributed by atoms with Gasteiger partial charge in [-0.25, -0.2) is 4.99 Å². The Morgan fingerprint density at radius 1 is 1.17 bits per heavy atom. The summed E-state index contributed by atoms with van der Waals surface area (Å²) in [5, 5.41) is 15.6. The zero-order chi connectivity index (χ0) is 20.6. The zero-order valence-corrected chi connectivity index (χ0v) is 19.0. The molecule has 2 N–H and O–H groups in total. The van der Waals surface area contributed by atoms with Crippen LogP contribution >= 0.6 is 0 Å². The van der Waals surface area contributed by atoms with Crippen LogP contribution in [0.4, 0.5) is 0 Å². The molecule has 7 nitrogen and oxygen atoms in total. The molecule has 1 aliphatic carbocycles. The molecule has 0 radical (unpaired) electrons. The first-order chi connectivity index (χ1) is 14.1. The standard InChI is InChI=1S/C22H41N7/c1-5-29-13-7-10-20(29)15-24-22(25-16-21-27-26-18(3)28(21)4)23-12-11-19-9-6-8-17(2)14-19/h17,19-20H,5-16H2,1-4H3,(H2,23,24,25). The molecule has 3 atom stereocenters. The third-order valence-electron chi connectivity index (χ3n) is 6.86. The summed E-state index contributed by atoms with van der Waals surface area (Å²) in [7, 11) is 2.00. The summed E-state index contributed by atoms with van der Waals surface area (Å²) in [6, 6.07) is 0.614. The van der Waals surface area contributed by atoms with Crippen LogP contribution in [0, 0.1) is 18.8 Å². The molecule has 1 saturated carbocycles. The van der Waals surface area contributed by atoms with E-state index in [0.29, 0.717) is 12.6 Å². The molecule has 3 unspecified atom stereocenters. The Labute approximate surface area is 176 Å². The Kier molecular flexibility index (Phi) is 8.33. The van der Waals surface area contributed by atoms with Crippen LogP contribution in [0.1, 0.15) is 70.4 Å². The van der Waals surface area contributed by atoms with Gasteiger partial charge >= 0.3 is 0 Å². The van der Waals surface area contributed by atoms with Gasteiger partial charge in [0.25, 0.3) is 0 Å². The van der Waals surface area contributed by atoms with Gasteiger partial charge in [0, 0.05) is 26.2 Å². The van der Waals surface area contributed by atoms with Crippen molar-refractivity contribution in [2.45, 2.75) is 78.3 Å². The maximum atomic E-state index is 4.83. The van der Waals surface area contributed by atoms with Crippen molar-refractivity contribution in [1.82, 2.24) is 30.3 Å². The van der Waals surface area contributed by atoms with E-state index < -0.39 is 0 Å². The Balaban J connectivity index is 1.54. The highest BCUT2D eigenvalue weighted by Crippen LogP contribution is 2.30. The third-order valence-corrected chi connectivity index (χ3v) is 6.86. The lowest BCUT2D eigenvalue weighted by Gasteiger charge is -2.27. The molecular formula is C22H41N7. The molecule has 1 saturated heterocycles. The summed E-state index contributed by atoms with van der Waals surface area (Å²) in [6.07, 6.45) is 9.38. The van der Waals surface area contributed by atoms with Gasteiger partial charge in [-0.15, -0.1) is 10.2 Å². The molecule has 0 amide bonds. The fraction of sp³-hybridized carbons (Fsp3) is 0.864. The Morgan fingerprint density at radius 2 is 2.03 bits per heavy atom. The lowest BCUT2D eigenvalue weighted by atomic mass is 9.81. The number of nitrogens with one attached hydrogen (secondary N) is 2. The van der Waals surface area contributed by atoms with Gasteiger partial charge in [0.1, 0.15) is 12.4 Å². The summed E-state index contributed by atoms with van der Waals surface area (Å²) in [5.74, 6) is 4.49. The fourth-order valence-corrected chi connectivity index (χ4v) is 4.89. The second-order valence-electron chi connectivity index (χ2n) is 9.05. The van der Waals surface area contributed by atoms with Crippen molar-refractivity contribution in [3.8, 4) is 0 Å². The molecule has 7 heteroatoms. The maximum absolute atomic E-state index is 4.83. The van der Waals surface area contributed by atoms with Gasteiger partial charge in [0.2, 0.25) is 0 Å². The van der Waals surface area contributed by atoms with Gasteiger partial charge in [-0.05, 0) is 57.5 Å². The van der Waals surface area contributed by atoms with Crippen LogP contribution < -0.4 is 10.6 Å². The minimum absolute atomic E-state index is 0.551. The van der Waals surface area contributed by atoms with Crippen molar-refractivity contribution in [3.05, 3.63) is 11.6 Å². The van der Waals surface area contributed by atoms with Gasteiger partial charge in [-0.1, -0.05) is 33.1 Å². The molecule has 1 aromatic heterocycles. The summed E-state index contributed by atoms with van der Waals surface area (Å²) in [5.41, 5.74) is 0. The van der Waals surface area contributed by atoms with Gasteiger partial charge in [0.05, 0.1) is 0 Å². The van der Waals surface area contributed by atoms with Crippen LogP contribution in [0.25, 0.3) is 0 Å². The number of aliphatic imine (C=N–C) groups is 1. The minimum atomic E-state index is 0.551. The van der Waals surface area contributed by atoms with Gasteiger partial charge in [0.15, 0.2) is 11.8 Å². The molecule has 2 fully saturated rings. The van der Waals surface area contributed by atoms with E-state index in [0.717, 1.165) is 49.1 Å². The van der Waals surface area contributed by atoms with Gasteiger partial charge in [-0.3, -0.25) is 4.90 Å². The summed E-state index contributed by atoms with van der Waals surface area (Å²) >= 11 is 0. The first-order valence-electron chi connectivity index (χ1n) is 11.7. The number of aromatic nitrogens is 3. The average molecular weight is 404 g/mol. The van der Waals surface area contributed by atoms with Crippen LogP contribution in [-0.4, -0.2) is 57.8 Å². The fourth-order valence-electron chi connectivity index (χ4n) is 4.89. The molecule has 29 heavy (non-hydrogen) atoms. The number of guanidine groups is 1. The first-order valence-corrected chi connectivity index (χ1v) is 11.7. The monoisotopic (exact) mass is 403 g/mol. The van der Waals surface area contributed by atoms with Crippen molar-refractivity contribution in [1.29, 1.82) is 0 Å². The van der Waals surface area contributed by atoms with E-state index in [1.165, 1.54) is 51.5 Å². The smallest absolute Gasteiger partial charge is 0.191 e. The molecule has 3 rings (SSSR count). The molecule has 0 aromatic carbocycles. The molecule has 2 heterocycles. The zero-order valence-electron chi connectivity index (χ0n) is 19.0. The van der Waals surface area contributed by atoms with Gasteiger partial charge < -0.3 is 15.2 Å². The highest BCUT2D eigenvalue weighted by atomic mass is 15.3. The molecule has 1 aromatic rings. The Hall–Kier alpha value is -1.63. The number of likely N-dealkylation sites (N-methyl/N-ethyl adjacent to an activating group) is 1. The average Bonchev–Trinajstić information content (AvgIpc) is 3.30. The van der Waals surface area contributed by atoms with E-state index >= 15 is 0 Å². The molecular weight excluding hydrogens is 362 g/mol. The minimum Gasteiger partial charge on any atom is -0.356 e. The van der Waals surface area contributed by atoms with Crippen LogP contribution in [0.3, 0.4) is 0 Å². The predicted octanol–water partition coefficient (Wildman–Crippen LogP) is 2.86. The maximum Gasteiger partial charge on any atom is 0.191 e. The van der Waals surface area contributed by atoms with Crippen LogP contribution in [0.5, 0.6) is 0 Å². The number of aryl methyl sites for hydroxylation is 1. The van der Waals surface area contributed by atoms with E-state index in [2.05, 4.69) is 39.6 Å². The number of nitrogens with zero attached hydrogens (tertiary/aromatic N) is 5. The van der Waals surface area contributed by atoms with Crippen LogP contribution in [-0.2, 0) is 13.6 Å². The van der Waals surface area contributed by atoms with Crippen LogP contribution in [0.15, 0.2) is 4.99 Å². The molecule has 1 aliphatic heterocycles. The predicted molar refractivity (Wildman–Crippen MR) is 119 cm³/mol. The molecule has 164 valence electrons. The SMILES string of the molecule is CCN1CCCC1CNC(=NCc1nnc(C)n1C)NCCC1CCCC(C)C1. The highest BCUT2D eigenvalue weighted by molar-refractivity contribution is 5.79. The topological polar surface area (TPSA) is 70.4 Å². The lowest BCUT2D eigenvalue weighted by molar-refractivity contribution is 0.265. The Morgan fingerprint density at radius 3 is 2.76 bits per heavy atom. The Bertz CT molecular complexity index is 654. The van der Waals surface area contributed by atoms with Crippen molar-refractivity contribution < 1.29 is 0 Å². The summed E-state index contributed by atoms with van der Waals surface area (Å²) in [4.78, 5) is 7.40. The van der Waals surface area contributed by atoms with E-state index in [9.17, 15) is 0 Å². The third kappa shape index (κ3) is 6.43. The lowest BCUT2D eigenvalue weighted by Crippen LogP contribution is -2.45. The number of hydrogen-bond acceptors (Lipinski definition) is 4. The van der Waals surface area contributed by atoms with E-state index in [4.69, 9.17) is 4.99 Å². The summed E-state index contributed by atoms with van der Waals surface area (Å²) in [6.45, 7) is 11.5. The number of likely N-dealkylation sites (tertiary alicyclic amines) is 1. The molecule has 2 aliphatic rings. The number of rotatable bonds is 8. The van der Waals surface area contributed by atoms with E-state index in [-0.39, 0.29) is 0 Å². The first kappa shape index (κ1) is 22.1. The molecule has 0 bridgehead atoms. The normalized spacial score (nSPS) is 26.1. The van der Waals surface area contributed by atoms with Crippen molar-refractivity contribution >= 4 is 5.96 Å². The summed E-state index contributed by atoms with van der Waals surface area (Å²) < 4.78 is 2.01. The van der Waals surface area contributed by atoms with E-state index in [1.807, 2.05) is 18.5 Å². The van der Waals surface area contributed by atoms with Crippen molar-refractivity contribution in [3.63, 3.8) is 0 Å². The quantitative estimate of drug-likeness (QED) is 0.516.